The van der Waals surface area contributed by atoms with Crippen LogP contribution in [0.2, 0.25) is 0 Å². The van der Waals surface area contributed by atoms with E-state index in [0.29, 0.717) is 23.9 Å². The van der Waals surface area contributed by atoms with Gasteiger partial charge >= 0.3 is 0 Å². The van der Waals surface area contributed by atoms with Crippen molar-refractivity contribution in [1.82, 2.24) is 14.1 Å². The fourth-order valence-electron chi connectivity index (χ4n) is 4.01. The Kier molecular flexibility index (Phi) is 4.95. The highest BCUT2D eigenvalue weighted by Gasteiger charge is 2.44. The van der Waals surface area contributed by atoms with Gasteiger partial charge in [-0.05, 0) is 37.4 Å². The van der Waals surface area contributed by atoms with E-state index in [-0.39, 0.29) is 12.1 Å². The van der Waals surface area contributed by atoms with Crippen LogP contribution in [0, 0.1) is 0 Å². The maximum absolute atomic E-state index is 12.8. The van der Waals surface area contributed by atoms with E-state index >= 15 is 0 Å². The molecule has 0 radical (unpaired) electrons. The normalized spacial score (nSPS) is 30.0. The first-order chi connectivity index (χ1) is 11.6. The summed E-state index contributed by atoms with van der Waals surface area (Å²) in [5.41, 5.74) is 0. The lowest BCUT2D eigenvalue weighted by molar-refractivity contribution is -0.0485. The Balaban J connectivity index is 1.42. The van der Waals surface area contributed by atoms with E-state index in [4.69, 9.17) is 4.74 Å². The first-order valence-corrected chi connectivity index (χ1v) is 11.1. The molecular weight excluding hydrogens is 346 g/mol. The van der Waals surface area contributed by atoms with Crippen LogP contribution in [0.5, 0.6) is 0 Å². The molecule has 0 aromatic carbocycles. The number of thiophene rings is 1. The molecule has 6 nitrogen and oxygen atoms in total. The molecule has 0 spiro atoms. The standard InChI is InChI=1S/C16H25N3O3S2/c20-24(21,16-4-3-11-23-16)19-12-14-15(13-19)22-10-9-18(14)8-7-17-5-1-2-6-17/h3-4,11,14-15H,1-2,5-10,12-13H2/t14-,15+/m1/s1. The first-order valence-electron chi connectivity index (χ1n) is 8.76. The number of nitrogens with zero attached hydrogens (tertiary/aromatic N) is 3. The number of sulfonamides is 1. The van der Waals surface area contributed by atoms with Gasteiger partial charge in [0.15, 0.2) is 0 Å². The van der Waals surface area contributed by atoms with Crippen LogP contribution in [-0.4, -0.2) is 87.1 Å². The first kappa shape index (κ1) is 16.9. The molecule has 0 unspecified atom stereocenters. The maximum Gasteiger partial charge on any atom is 0.252 e. The predicted octanol–water partition coefficient (Wildman–Crippen LogP) is 0.918. The lowest BCUT2D eigenvalue weighted by Gasteiger charge is -2.37. The fourth-order valence-corrected chi connectivity index (χ4v) is 6.63. The molecule has 0 aliphatic carbocycles. The third-order valence-corrected chi connectivity index (χ3v) is 8.58. The SMILES string of the molecule is O=S(=O)(c1cccs1)N1C[C@@H]2OCCN(CCN3CCCC3)[C@@H]2C1. The Labute approximate surface area is 148 Å². The van der Waals surface area contributed by atoms with E-state index in [1.165, 1.54) is 37.3 Å². The zero-order valence-electron chi connectivity index (χ0n) is 13.8. The quantitative estimate of drug-likeness (QED) is 0.770. The lowest BCUT2D eigenvalue weighted by atomic mass is 10.1. The van der Waals surface area contributed by atoms with Gasteiger partial charge in [0.1, 0.15) is 4.21 Å². The zero-order chi connectivity index (χ0) is 16.6. The average molecular weight is 372 g/mol. The highest BCUT2D eigenvalue weighted by Crippen LogP contribution is 2.29. The van der Waals surface area contributed by atoms with Gasteiger partial charge < -0.3 is 9.64 Å². The molecule has 2 atom stereocenters. The van der Waals surface area contributed by atoms with Crippen molar-refractivity contribution < 1.29 is 13.2 Å². The average Bonchev–Trinajstić information content (AvgIpc) is 3.33. The summed E-state index contributed by atoms with van der Waals surface area (Å²) in [5.74, 6) is 0. The molecule has 3 aliphatic heterocycles. The van der Waals surface area contributed by atoms with E-state index in [1.807, 2.05) is 5.38 Å². The van der Waals surface area contributed by atoms with Gasteiger partial charge in [0.05, 0.1) is 18.8 Å². The van der Waals surface area contributed by atoms with E-state index in [1.54, 1.807) is 16.4 Å². The summed E-state index contributed by atoms with van der Waals surface area (Å²) in [4.78, 5) is 4.95. The van der Waals surface area contributed by atoms with Gasteiger partial charge in [-0.15, -0.1) is 11.3 Å². The monoisotopic (exact) mass is 371 g/mol. The molecule has 8 heteroatoms. The summed E-state index contributed by atoms with van der Waals surface area (Å²) in [6.45, 7) is 7.14. The van der Waals surface area contributed by atoms with Crippen LogP contribution in [0.3, 0.4) is 0 Å². The number of hydrogen-bond donors (Lipinski definition) is 0. The van der Waals surface area contributed by atoms with Crippen LogP contribution in [0.15, 0.2) is 21.7 Å². The number of fused-ring (bicyclic) bond motifs is 1. The minimum Gasteiger partial charge on any atom is -0.374 e. The van der Waals surface area contributed by atoms with Crippen molar-refractivity contribution in [3.63, 3.8) is 0 Å². The van der Waals surface area contributed by atoms with Crippen molar-refractivity contribution in [2.24, 2.45) is 0 Å². The Morgan fingerprint density at radius 3 is 2.75 bits per heavy atom. The number of hydrogen-bond acceptors (Lipinski definition) is 6. The Bertz CT molecular complexity index is 644. The maximum atomic E-state index is 12.8. The molecular formula is C16H25N3O3S2. The Hall–Kier alpha value is -0.510. The molecule has 1 aromatic rings. The predicted molar refractivity (Wildman–Crippen MR) is 93.9 cm³/mol. The summed E-state index contributed by atoms with van der Waals surface area (Å²) in [7, 11) is -3.37. The number of morpholine rings is 1. The molecule has 134 valence electrons. The van der Waals surface area contributed by atoms with Crippen LogP contribution in [0.1, 0.15) is 12.8 Å². The second-order valence-corrected chi connectivity index (χ2v) is 9.93. The summed E-state index contributed by atoms with van der Waals surface area (Å²) in [5, 5.41) is 1.81. The molecule has 0 saturated carbocycles. The smallest absolute Gasteiger partial charge is 0.252 e. The van der Waals surface area contributed by atoms with Crippen molar-refractivity contribution in [1.29, 1.82) is 0 Å². The highest BCUT2D eigenvalue weighted by molar-refractivity contribution is 7.91. The van der Waals surface area contributed by atoms with Crippen LogP contribution in [0.4, 0.5) is 0 Å². The molecule has 0 amide bonds. The third kappa shape index (κ3) is 3.27. The van der Waals surface area contributed by atoms with Gasteiger partial charge in [-0.1, -0.05) is 6.07 Å². The topological polar surface area (TPSA) is 53.1 Å². The number of ether oxygens (including phenoxy) is 1. The fraction of sp³-hybridized carbons (Fsp3) is 0.750. The van der Waals surface area contributed by atoms with Crippen LogP contribution in [-0.2, 0) is 14.8 Å². The van der Waals surface area contributed by atoms with Crippen molar-refractivity contribution in [3.8, 4) is 0 Å². The van der Waals surface area contributed by atoms with E-state index in [2.05, 4.69) is 9.80 Å². The van der Waals surface area contributed by atoms with E-state index in [9.17, 15) is 8.42 Å². The van der Waals surface area contributed by atoms with Crippen LogP contribution < -0.4 is 0 Å². The summed E-state index contributed by atoms with van der Waals surface area (Å²) < 4.78 is 33.5. The van der Waals surface area contributed by atoms with Crippen molar-refractivity contribution >= 4 is 21.4 Å². The largest absolute Gasteiger partial charge is 0.374 e. The molecule has 3 fully saturated rings. The van der Waals surface area contributed by atoms with Crippen LogP contribution >= 0.6 is 11.3 Å². The second-order valence-electron chi connectivity index (χ2n) is 6.82. The van der Waals surface area contributed by atoms with Gasteiger partial charge in [-0.25, -0.2) is 8.42 Å². The van der Waals surface area contributed by atoms with Crippen LogP contribution in [0.25, 0.3) is 0 Å². The molecule has 3 aliphatic rings. The molecule has 4 heterocycles. The number of rotatable bonds is 5. The summed E-state index contributed by atoms with van der Waals surface area (Å²) in [6.07, 6.45) is 2.62. The minimum absolute atomic E-state index is 0.00654. The van der Waals surface area contributed by atoms with Gasteiger partial charge in [0.25, 0.3) is 10.0 Å². The Morgan fingerprint density at radius 1 is 1.17 bits per heavy atom. The van der Waals surface area contributed by atoms with E-state index < -0.39 is 10.0 Å². The van der Waals surface area contributed by atoms with Gasteiger partial charge in [-0.2, -0.15) is 4.31 Å². The minimum atomic E-state index is -3.37. The van der Waals surface area contributed by atoms with Gasteiger partial charge in [0.2, 0.25) is 0 Å². The molecule has 24 heavy (non-hydrogen) atoms. The van der Waals surface area contributed by atoms with Gasteiger partial charge in [-0.3, -0.25) is 4.90 Å². The molecule has 0 bridgehead atoms. The molecule has 4 rings (SSSR count). The summed E-state index contributed by atoms with van der Waals surface area (Å²) in [6, 6.07) is 3.67. The van der Waals surface area contributed by atoms with Gasteiger partial charge in [0, 0.05) is 32.7 Å². The van der Waals surface area contributed by atoms with E-state index in [0.717, 1.165) is 19.6 Å². The zero-order valence-corrected chi connectivity index (χ0v) is 15.5. The second kappa shape index (κ2) is 7.01. The molecule has 1 aromatic heterocycles. The highest BCUT2D eigenvalue weighted by atomic mass is 32.2. The van der Waals surface area contributed by atoms with Crippen molar-refractivity contribution in [3.05, 3.63) is 17.5 Å². The summed E-state index contributed by atoms with van der Waals surface area (Å²) >= 11 is 1.29. The van der Waals surface area contributed by atoms with Crippen molar-refractivity contribution in [2.45, 2.75) is 29.2 Å². The molecule has 0 N–H and O–H groups in total. The molecule has 3 saturated heterocycles. The third-order valence-electron chi connectivity index (χ3n) is 5.37. The number of likely N-dealkylation sites (tertiary alicyclic amines) is 1. The Morgan fingerprint density at radius 2 is 2.00 bits per heavy atom. The van der Waals surface area contributed by atoms with Crippen molar-refractivity contribution in [2.75, 3.05) is 52.4 Å². The lowest BCUT2D eigenvalue weighted by Crippen LogP contribution is -2.52.